The number of morpholine rings is 1. The molecule has 0 radical (unpaired) electrons. The van der Waals surface area contributed by atoms with Gasteiger partial charge < -0.3 is 9.64 Å². The first-order valence-corrected chi connectivity index (χ1v) is 7.17. The van der Waals surface area contributed by atoms with Crippen molar-refractivity contribution in [3.63, 3.8) is 0 Å². The van der Waals surface area contributed by atoms with Crippen molar-refractivity contribution in [2.75, 3.05) is 32.1 Å². The van der Waals surface area contributed by atoms with E-state index in [1.54, 1.807) is 23.9 Å². The van der Waals surface area contributed by atoms with Gasteiger partial charge in [-0.15, -0.1) is 22.1 Å². The summed E-state index contributed by atoms with van der Waals surface area (Å²) in [6.45, 7) is 3.22. The van der Waals surface area contributed by atoms with Crippen molar-refractivity contribution < 1.29 is 9.13 Å². The Morgan fingerprint density at radius 1 is 1.10 bits per heavy atom. The Balaban J connectivity index is 0.00000147. The molecular weight excluding hydrogens is 345 g/mol. The van der Waals surface area contributed by atoms with Gasteiger partial charge in [-0.05, 0) is 17.7 Å². The van der Waals surface area contributed by atoms with Crippen LogP contribution in [0.3, 0.4) is 0 Å². The third-order valence-corrected chi connectivity index (χ3v) is 4.07. The average Bonchev–Trinajstić information content (AvgIpc) is 2.49. The largest absolute Gasteiger partial charge is 0.378 e. The van der Waals surface area contributed by atoms with E-state index in [1.807, 2.05) is 0 Å². The average molecular weight is 360 g/mol. The van der Waals surface area contributed by atoms with E-state index in [0.717, 1.165) is 48.5 Å². The van der Waals surface area contributed by atoms with E-state index in [-0.39, 0.29) is 22.8 Å². The van der Waals surface area contributed by atoms with Gasteiger partial charge in [0.15, 0.2) is 5.17 Å². The molecule has 0 unspecified atom stereocenters. The molecule has 2 aliphatic heterocycles. The molecule has 4 nitrogen and oxygen atoms in total. The second kappa shape index (κ2) is 7.19. The van der Waals surface area contributed by atoms with E-state index < -0.39 is 0 Å². The molecule has 1 aromatic carbocycles. The summed E-state index contributed by atoms with van der Waals surface area (Å²) < 4.78 is 18.2. The zero-order chi connectivity index (χ0) is 13.1. The van der Waals surface area contributed by atoms with Crippen LogP contribution in [0.25, 0.3) is 0 Å². The number of rotatable bonds is 1. The lowest BCUT2D eigenvalue weighted by Crippen LogP contribution is -2.40. The molecular formula is C13H15BrFN3OS. The first kappa shape index (κ1) is 15.5. The summed E-state index contributed by atoms with van der Waals surface area (Å²) in [6, 6.07) is 6.38. The normalized spacial score (nSPS) is 18.9. The van der Waals surface area contributed by atoms with Gasteiger partial charge in [0.05, 0.1) is 18.9 Å². The van der Waals surface area contributed by atoms with Gasteiger partial charge in [0.1, 0.15) is 5.82 Å². The highest BCUT2D eigenvalue weighted by molar-refractivity contribution is 8.93. The van der Waals surface area contributed by atoms with E-state index in [2.05, 4.69) is 15.1 Å². The molecule has 20 heavy (non-hydrogen) atoms. The number of amidine groups is 1. The zero-order valence-electron chi connectivity index (χ0n) is 10.8. The number of halogens is 2. The molecule has 0 atom stereocenters. The van der Waals surface area contributed by atoms with Crippen molar-refractivity contribution in [1.29, 1.82) is 0 Å². The lowest BCUT2D eigenvalue weighted by molar-refractivity contribution is 0.0692. The molecule has 2 heterocycles. The second-order valence-electron chi connectivity index (χ2n) is 4.32. The molecule has 108 valence electrons. The summed E-state index contributed by atoms with van der Waals surface area (Å²) in [5, 5.41) is 9.50. The summed E-state index contributed by atoms with van der Waals surface area (Å²) >= 11 is 1.67. The Labute approximate surface area is 131 Å². The summed E-state index contributed by atoms with van der Waals surface area (Å²) in [5.74, 6) is 0.535. The lowest BCUT2D eigenvalue weighted by atomic mass is 10.1. The van der Waals surface area contributed by atoms with Gasteiger partial charge in [-0.3, -0.25) is 0 Å². The van der Waals surface area contributed by atoms with Crippen LogP contribution in [-0.2, 0) is 4.74 Å². The molecule has 3 rings (SSSR count). The Morgan fingerprint density at radius 3 is 2.40 bits per heavy atom. The van der Waals surface area contributed by atoms with Gasteiger partial charge in [-0.1, -0.05) is 23.9 Å². The van der Waals surface area contributed by atoms with Crippen LogP contribution >= 0.6 is 28.7 Å². The molecule has 0 N–H and O–H groups in total. The summed E-state index contributed by atoms with van der Waals surface area (Å²) in [4.78, 5) is 2.19. The molecule has 0 spiro atoms. The number of hydrogen-bond donors (Lipinski definition) is 0. The van der Waals surface area contributed by atoms with Crippen molar-refractivity contribution in [2.24, 2.45) is 10.2 Å². The van der Waals surface area contributed by atoms with Crippen LogP contribution in [0.4, 0.5) is 4.39 Å². The fourth-order valence-corrected chi connectivity index (χ4v) is 2.94. The maximum absolute atomic E-state index is 12.9. The number of nitrogens with zero attached hydrogens (tertiary/aromatic N) is 3. The fourth-order valence-electron chi connectivity index (χ4n) is 1.99. The summed E-state index contributed by atoms with van der Waals surface area (Å²) in [6.07, 6.45) is 0. The topological polar surface area (TPSA) is 37.2 Å². The second-order valence-corrected chi connectivity index (χ2v) is 5.27. The van der Waals surface area contributed by atoms with Gasteiger partial charge in [-0.2, -0.15) is 5.10 Å². The molecule has 0 aromatic heterocycles. The number of ether oxygens (including phenoxy) is 1. The van der Waals surface area contributed by atoms with Crippen molar-refractivity contribution in [3.8, 4) is 0 Å². The number of benzene rings is 1. The highest BCUT2D eigenvalue weighted by atomic mass is 79.9. The van der Waals surface area contributed by atoms with E-state index >= 15 is 0 Å². The SMILES string of the molecule is Br.Fc1ccc(C2=NN=C(N3CCOCC3)SC2)cc1. The van der Waals surface area contributed by atoms with E-state index in [9.17, 15) is 4.39 Å². The smallest absolute Gasteiger partial charge is 0.186 e. The monoisotopic (exact) mass is 359 g/mol. The van der Waals surface area contributed by atoms with Crippen LogP contribution in [-0.4, -0.2) is 47.8 Å². The predicted octanol–water partition coefficient (Wildman–Crippen LogP) is 2.54. The van der Waals surface area contributed by atoms with Crippen LogP contribution in [0.15, 0.2) is 34.5 Å². The highest BCUT2D eigenvalue weighted by Crippen LogP contribution is 2.19. The van der Waals surface area contributed by atoms with Crippen molar-refractivity contribution in [1.82, 2.24) is 4.90 Å². The maximum atomic E-state index is 12.9. The Morgan fingerprint density at radius 2 is 1.80 bits per heavy atom. The van der Waals surface area contributed by atoms with Crippen molar-refractivity contribution in [3.05, 3.63) is 35.6 Å². The molecule has 0 bridgehead atoms. The minimum absolute atomic E-state index is 0. The van der Waals surface area contributed by atoms with Crippen LogP contribution in [0.2, 0.25) is 0 Å². The van der Waals surface area contributed by atoms with Gasteiger partial charge >= 0.3 is 0 Å². The fraction of sp³-hybridized carbons (Fsp3) is 0.385. The maximum Gasteiger partial charge on any atom is 0.186 e. The molecule has 2 aliphatic rings. The van der Waals surface area contributed by atoms with Gasteiger partial charge in [0.25, 0.3) is 0 Å². The van der Waals surface area contributed by atoms with Crippen LogP contribution in [0, 0.1) is 5.82 Å². The number of thioether (sulfide) groups is 1. The standard InChI is InChI=1S/C13H14FN3OS.BrH/c14-11-3-1-10(2-4-11)12-9-19-13(16-15-12)17-5-7-18-8-6-17;/h1-4H,5-9H2;1H. The van der Waals surface area contributed by atoms with Crippen LogP contribution in [0.5, 0.6) is 0 Å². The minimum Gasteiger partial charge on any atom is -0.378 e. The van der Waals surface area contributed by atoms with E-state index in [4.69, 9.17) is 4.74 Å². The molecule has 7 heteroatoms. The Bertz CT molecular complexity index is 515. The van der Waals surface area contributed by atoms with Crippen LogP contribution in [0.1, 0.15) is 5.56 Å². The Kier molecular flexibility index (Phi) is 5.56. The van der Waals surface area contributed by atoms with Gasteiger partial charge in [0, 0.05) is 18.8 Å². The van der Waals surface area contributed by atoms with E-state index in [0.29, 0.717) is 0 Å². The molecule has 1 saturated heterocycles. The molecule has 0 aliphatic carbocycles. The highest BCUT2D eigenvalue weighted by Gasteiger charge is 2.19. The molecule has 1 fully saturated rings. The van der Waals surface area contributed by atoms with E-state index in [1.165, 1.54) is 12.1 Å². The summed E-state index contributed by atoms with van der Waals surface area (Å²) in [7, 11) is 0. The number of hydrogen-bond acceptors (Lipinski definition) is 5. The minimum atomic E-state index is -0.231. The van der Waals surface area contributed by atoms with Crippen molar-refractivity contribution in [2.45, 2.75) is 0 Å². The molecule has 0 saturated carbocycles. The predicted molar refractivity (Wildman–Crippen MR) is 85.5 cm³/mol. The first-order chi connectivity index (χ1) is 9.33. The van der Waals surface area contributed by atoms with Crippen LogP contribution < -0.4 is 0 Å². The zero-order valence-corrected chi connectivity index (χ0v) is 13.3. The third-order valence-electron chi connectivity index (χ3n) is 3.05. The third kappa shape index (κ3) is 3.59. The Hall–Kier alpha value is -0.920. The molecule has 0 amide bonds. The van der Waals surface area contributed by atoms with Crippen molar-refractivity contribution >= 4 is 39.6 Å². The lowest BCUT2D eigenvalue weighted by Gasteiger charge is -2.29. The quantitative estimate of drug-likeness (QED) is 0.773. The molecule has 1 aromatic rings. The van der Waals surface area contributed by atoms with Gasteiger partial charge in [0.2, 0.25) is 0 Å². The first-order valence-electron chi connectivity index (χ1n) is 6.19. The van der Waals surface area contributed by atoms with Gasteiger partial charge in [-0.25, -0.2) is 4.39 Å². The summed E-state index contributed by atoms with van der Waals surface area (Å²) in [5.41, 5.74) is 1.82.